The van der Waals surface area contributed by atoms with Crippen LogP contribution in [-0.2, 0) is 0 Å². The van der Waals surface area contributed by atoms with E-state index in [-0.39, 0.29) is 5.75 Å². The fourth-order valence-corrected chi connectivity index (χ4v) is 4.20. The number of ether oxygens (including phenoxy) is 1. The second kappa shape index (κ2) is 10.6. The second-order valence-electron chi connectivity index (χ2n) is 7.78. The molecule has 0 fully saturated rings. The number of benzene rings is 3. The van der Waals surface area contributed by atoms with Gasteiger partial charge in [-0.1, -0.05) is 44.2 Å². The third kappa shape index (κ3) is 5.41. The summed E-state index contributed by atoms with van der Waals surface area (Å²) in [6.07, 6.45) is 0.828. The Morgan fingerprint density at radius 2 is 1.58 bits per heavy atom. The first kappa shape index (κ1) is 23.0. The minimum absolute atomic E-state index is 0.245. The van der Waals surface area contributed by atoms with Crippen molar-refractivity contribution in [3.05, 3.63) is 94.7 Å². The van der Waals surface area contributed by atoms with E-state index >= 15 is 0 Å². The predicted molar refractivity (Wildman–Crippen MR) is 136 cm³/mol. The molecule has 3 aromatic carbocycles. The zero-order chi connectivity index (χ0) is 23.2. The SMILES string of the molecule is CCNCCOc1ccc(/C(=C(/CC)c2ccc3oc(Cl)cc3c2)c2ccc(O)cc2)cc1. The quantitative estimate of drug-likeness (QED) is 0.205. The molecule has 0 aliphatic heterocycles. The molecule has 170 valence electrons. The van der Waals surface area contributed by atoms with Gasteiger partial charge in [-0.05, 0) is 88.8 Å². The molecule has 0 unspecified atom stereocenters. The number of allylic oxidation sites excluding steroid dienone is 1. The lowest BCUT2D eigenvalue weighted by Crippen LogP contribution is -2.20. The van der Waals surface area contributed by atoms with Gasteiger partial charge in [0, 0.05) is 18.0 Å². The molecule has 2 N–H and O–H groups in total. The fraction of sp³-hybridized carbons (Fsp3) is 0.214. The van der Waals surface area contributed by atoms with Crippen LogP contribution in [0.4, 0.5) is 0 Å². The molecule has 0 aliphatic carbocycles. The van der Waals surface area contributed by atoms with Crippen LogP contribution in [0.15, 0.2) is 77.2 Å². The number of halogens is 1. The number of nitrogens with one attached hydrogen (secondary N) is 1. The van der Waals surface area contributed by atoms with Gasteiger partial charge in [-0.2, -0.15) is 0 Å². The highest BCUT2D eigenvalue weighted by molar-refractivity contribution is 6.29. The number of phenolic OH excluding ortho intramolecular Hbond substituents is 1. The summed E-state index contributed by atoms with van der Waals surface area (Å²) in [5.41, 5.74) is 6.31. The smallest absolute Gasteiger partial charge is 0.194 e. The number of likely N-dealkylation sites (N-methyl/N-ethyl adjacent to an activating group) is 1. The van der Waals surface area contributed by atoms with Crippen LogP contribution in [0.1, 0.15) is 37.0 Å². The van der Waals surface area contributed by atoms with Gasteiger partial charge >= 0.3 is 0 Å². The molecule has 1 aromatic heterocycles. The monoisotopic (exact) mass is 461 g/mol. The molecule has 1 heterocycles. The molecule has 0 radical (unpaired) electrons. The third-order valence-corrected chi connectivity index (χ3v) is 5.77. The van der Waals surface area contributed by atoms with Crippen molar-refractivity contribution < 1.29 is 14.3 Å². The Labute approximate surface area is 199 Å². The van der Waals surface area contributed by atoms with Gasteiger partial charge < -0.3 is 19.6 Å². The van der Waals surface area contributed by atoms with Crippen LogP contribution in [0.25, 0.3) is 22.1 Å². The largest absolute Gasteiger partial charge is 0.508 e. The van der Waals surface area contributed by atoms with E-state index in [0.717, 1.165) is 58.5 Å². The zero-order valence-electron chi connectivity index (χ0n) is 18.9. The van der Waals surface area contributed by atoms with Crippen molar-refractivity contribution in [1.29, 1.82) is 0 Å². The van der Waals surface area contributed by atoms with E-state index in [4.69, 9.17) is 20.8 Å². The van der Waals surface area contributed by atoms with Crippen molar-refractivity contribution in [1.82, 2.24) is 5.32 Å². The van der Waals surface area contributed by atoms with Crippen molar-refractivity contribution in [2.45, 2.75) is 20.3 Å². The van der Waals surface area contributed by atoms with Crippen molar-refractivity contribution in [3.63, 3.8) is 0 Å². The lowest BCUT2D eigenvalue weighted by Gasteiger charge is -2.17. The summed E-state index contributed by atoms with van der Waals surface area (Å²) in [5.74, 6) is 1.09. The highest BCUT2D eigenvalue weighted by Gasteiger charge is 2.15. The van der Waals surface area contributed by atoms with Gasteiger partial charge in [0.25, 0.3) is 0 Å². The van der Waals surface area contributed by atoms with Crippen molar-refractivity contribution in [2.24, 2.45) is 0 Å². The first-order valence-electron chi connectivity index (χ1n) is 11.2. The van der Waals surface area contributed by atoms with Crippen LogP contribution in [-0.4, -0.2) is 24.8 Å². The Morgan fingerprint density at radius 3 is 2.24 bits per heavy atom. The average molecular weight is 462 g/mol. The summed E-state index contributed by atoms with van der Waals surface area (Å²) < 4.78 is 11.4. The molecule has 5 heteroatoms. The Hall–Kier alpha value is -3.21. The molecular weight excluding hydrogens is 434 g/mol. The molecule has 0 saturated heterocycles. The molecule has 0 bridgehead atoms. The Balaban J connectivity index is 1.77. The van der Waals surface area contributed by atoms with Crippen LogP contribution >= 0.6 is 11.6 Å². The van der Waals surface area contributed by atoms with Gasteiger partial charge in [0.05, 0.1) is 0 Å². The van der Waals surface area contributed by atoms with E-state index in [9.17, 15) is 5.11 Å². The number of phenols is 1. The highest BCUT2D eigenvalue weighted by Crippen LogP contribution is 2.37. The Bertz CT molecular complexity index is 1240. The van der Waals surface area contributed by atoms with E-state index in [1.165, 1.54) is 5.57 Å². The number of hydrogen-bond acceptors (Lipinski definition) is 4. The van der Waals surface area contributed by atoms with Gasteiger partial charge in [0.2, 0.25) is 0 Å². The standard InChI is InChI=1S/C28H28ClNO3/c1-3-25(21-9-14-26-22(17-21)18-27(29)33-26)28(19-5-10-23(31)11-6-19)20-7-12-24(13-8-20)32-16-15-30-4-2/h5-14,17-18,30-31H,3-4,15-16H2,1-2H3/b28-25-. The minimum atomic E-state index is 0.245. The molecule has 33 heavy (non-hydrogen) atoms. The maximum Gasteiger partial charge on any atom is 0.194 e. The summed E-state index contributed by atoms with van der Waals surface area (Å²) >= 11 is 6.07. The van der Waals surface area contributed by atoms with E-state index in [1.807, 2.05) is 36.4 Å². The van der Waals surface area contributed by atoms with Crippen molar-refractivity contribution in [3.8, 4) is 11.5 Å². The normalized spacial score (nSPS) is 12.1. The van der Waals surface area contributed by atoms with Gasteiger partial charge in [-0.25, -0.2) is 0 Å². The summed E-state index contributed by atoms with van der Waals surface area (Å²) in [6, 6.07) is 23.5. The Kier molecular flexibility index (Phi) is 7.38. The number of rotatable bonds is 9. The maximum atomic E-state index is 9.84. The third-order valence-electron chi connectivity index (χ3n) is 5.59. The number of fused-ring (bicyclic) bond motifs is 1. The summed E-state index contributed by atoms with van der Waals surface area (Å²) in [5, 5.41) is 14.5. The van der Waals surface area contributed by atoms with Crippen LogP contribution in [0.3, 0.4) is 0 Å². The Morgan fingerprint density at radius 1 is 0.909 bits per heavy atom. The van der Waals surface area contributed by atoms with Gasteiger partial charge in [0.15, 0.2) is 5.22 Å². The first-order valence-corrected chi connectivity index (χ1v) is 11.6. The van der Waals surface area contributed by atoms with Crippen LogP contribution in [0.5, 0.6) is 11.5 Å². The lowest BCUT2D eigenvalue weighted by atomic mass is 9.88. The van der Waals surface area contributed by atoms with E-state index in [2.05, 4.69) is 43.4 Å². The average Bonchev–Trinajstić information content (AvgIpc) is 3.21. The maximum absolute atomic E-state index is 9.84. The van der Waals surface area contributed by atoms with E-state index < -0.39 is 0 Å². The van der Waals surface area contributed by atoms with Gasteiger partial charge in [-0.3, -0.25) is 0 Å². The summed E-state index contributed by atoms with van der Waals surface area (Å²) in [4.78, 5) is 0. The topological polar surface area (TPSA) is 54.6 Å². The van der Waals surface area contributed by atoms with Crippen molar-refractivity contribution >= 4 is 33.7 Å². The number of aromatic hydroxyl groups is 1. The van der Waals surface area contributed by atoms with Crippen LogP contribution in [0.2, 0.25) is 5.22 Å². The second-order valence-corrected chi connectivity index (χ2v) is 8.16. The lowest BCUT2D eigenvalue weighted by molar-refractivity contribution is 0.315. The zero-order valence-corrected chi connectivity index (χ0v) is 19.7. The molecule has 0 amide bonds. The number of furan rings is 1. The van der Waals surface area contributed by atoms with Gasteiger partial charge in [0.1, 0.15) is 23.7 Å². The van der Waals surface area contributed by atoms with Crippen LogP contribution < -0.4 is 10.1 Å². The van der Waals surface area contributed by atoms with Crippen LogP contribution in [0, 0.1) is 0 Å². The molecule has 4 nitrogen and oxygen atoms in total. The van der Waals surface area contributed by atoms with Gasteiger partial charge in [-0.15, -0.1) is 0 Å². The molecule has 4 aromatic rings. The van der Waals surface area contributed by atoms with E-state index in [0.29, 0.717) is 11.8 Å². The highest BCUT2D eigenvalue weighted by atomic mass is 35.5. The molecule has 0 atom stereocenters. The summed E-state index contributed by atoms with van der Waals surface area (Å²) in [7, 11) is 0. The molecule has 0 saturated carbocycles. The van der Waals surface area contributed by atoms with E-state index in [1.54, 1.807) is 12.1 Å². The fourth-order valence-electron chi connectivity index (χ4n) is 4.00. The summed E-state index contributed by atoms with van der Waals surface area (Å²) in [6.45, 7) is 6.61. The first-order chi connectivity index (χ1) is 16.1. The number of hydrogen-bond donors (Lipinski definition) is 2. The van der Waals surface area contributed by atoms with Crippen molar-refractivity contribution in [2.75, 3.05) is 19.7 Å². The minimum Gasteiger partial charge on any atom is -0.508 e. The predicted octanol–water partition coefficient (Wildman–Crippen LogP) is 7.15. The molecule has 0 spiro atoms. The molecule has 4 rings (SSSR count). The molecule has 0 aliphatic rings. The molecular formula is C28H28ClNO3.